The van der Waals surface area contributed by atoms with Crippen molar-refractivity contribution >= 4 is 28.3 Å². The molecule has 84 valence electrons. The number of carbonyl (C=O) groups is 1. The van der Waals surface area contributed by atoms with Crippen LogP contribution in [0.15, 0.2) is 0 Å². The molecule has 0 saturated carbocycles. The zero-order valence-corrected chi connectivity index (χ0v) is 9.73. The van der Waals surface area contributed by atoms with Crippen LogP contribution in [-0.4, -0.2) is 16.8 Å². The molecule has 1 amide bonds. The monoisotopic (exact) mass is 228 g/mol. The molecule has 6 heteroatoms. The van der Waals surface area contributed by atoms with E-state index < -0.39 is 5.91 Å². The van der Waals surface area contributed by atoms with Gasteiger partial charge in [-0.3, -0.25) is 4.79 Å². The van der Waals surface area contributed by atoms with Gasteiger partial charge in [0.2, 0.25) is 0 Å². The highest BCUT2D eigenvalue weighted by molar-refractivity contribution is 7.11. The maximum absolute atomic E-state index is 11.1. The van der Waals surface area contributed by atoms with Gasteiger partial charge in [0, 0.05) is 6.54 Å². The van der Waals surface area contributed by atoms with Crippen LogP contribution in [0.5, 0.6) is 0 Å². The van der Waals surface area contributed by atoms with Crippen molar-refractivity contribution in [2.75, 3.05) is 17.6 Å². The van der Waals surface area contributed by atoms with Crippen molar-refractivity contribution in [3.63, 3.8) is 0 Å². The Morgan fingerprint density at radius 2 is 2.33 bits per heavy atom. The fourth-order valence-corrected chi connectivity index (χ4v) is 1.80. The Bertz CT molecular complexity index is 350. The smallest absolute Gasteiger partial charge is 0.255 e. The van der Waals surface area contributed by atoms with Gasteiger partial charge in [0.25, 0.3) is 5.91 Å². The van der Waals surface area contributed by atoms with E-state index >= 15 is 0 Å². The van der Waals surface area contributed by atoms with E-state index in [4.69, 9.17) is 11.5 Å². The first-order chi connectivity index (χ1) is 7.06. The summed E-state index contributed by atoms with van der Waals surface area (Å²) < 4.78 is 3.90. The summed E-state index contributed by atoms with van der Waals surface area (Å²) in [4.78, 5) is 11.1. The number of nitrogens with two attached hydrogens (primary N) is 2. The summed E-state index contributed by atoms with van der Waals surface area (Å²) in [5, 5.41) is 3.81. The molecule has 15 heavy (non-hydrogen) atoms. The van der Waals surface area contributed by atoms with Crippen molar-refractivity contribution in [1.82, 2.24) is 4.37 Å². The summed E-state index contributed by atoms with van der Waals surface area (Å²) in [5.41, 5.74) is 11.1. The Labute approximate surface area is 93.0 Å². The third kappa shape index (κ3) is 2.82. The molecule has 1 aromatic heterocycles. The summed E-state index contributed by atoms with van der Waals surface area (Å²) in [6.45, 7) is 5.03. The average Bonchev–Trinajstić information content (AvgIpc) is 2.56. The van der Waals surface area contributed by atoms with E-state index in [-0.39, 0.29) is 5.82 Å². The van der Waals surface area contributed by atoms with Gasteiger partial charge in [-0.2, -0.15) is 4.37 Å². The average molecular weight is 228 g/mol. The second-order valence-electron chi connectivity index (χ2n) is 3.53. The van der Waals surface area contributed by atoms with Gasteiger partial charge in [0.05, 0.1) is 0 Å². The topological polar surface area (TPSA) is 94.0 Å². The molecule has 0 spiro atoms. The first-order valence-corrected chi connectivity index (χ1v) is 5.62. The summed E-state index contributed by atoms with van der Waals surface area (Å²) in [6, 6.07) is 0. The second-order valence-corrected chi connectivity index (χ2v) is 4.30. The van der Waals surface area contributed by atoms with E-state index in [1.807, 2.05) is 0 Å². The van der Waals surface area contributed by atoms with Crippen LogP contribution >= 0.6 is 11.5 Å². The molecule has 1 unspecified atom stereocenters. The van der Waals surface area contributed by atoms with E-state index in [2.05, 4.69) is 23.5 Å². The molecular formula is C9H16N4OS. The summed E-state index contributed by atoms with van der Waals surface area (Å²) >= 11 is 1.17. The predicted octanol–water partition coefficient (Wildman–Crippen LogP) is 1.28. The van der Waals surface area contributed by atoms with E-state index in [9.17, 15) is 4.79 Å². The highest BCUT2D eigenvalue weighted by Gasteiger charge is 2.16. The van der Waals surface area contributed by atoms with E-state index in [0.717, 1.165) is 13.0 Å². The van der Waals surface area contributed by atoms with Crippen LogP contribution in [0.1, 0.15) is 30.6 Å². The Morgan fingerprint density at radius 3 is 2.87 bits per heavy atom. The van der Waals surface area contributed by atoms with Crippen LogP contribution in [0.2, 0.25) is 0 Å². The standard InChI is InChI=1S/C9H16N4OS/c1-3-5(2)4-12-9-6(8(11)14)7(10)13-15-9/h5,12H,3-4H2,1-2H3,(H2,10,13)(H2,11,14). The SMILES string of the molecule is CCC(C)CNc1snc(N)c1C(N)=O. The molecular weight excluding hydrogens is 212 g/mol. The maximum atomic E-state index is 11.1. The molecule has 0 fully saturated rings. The third-order valence-electron chi connectivity index (χ3n) is 2.27. The third-order valence-corrected chi connectivity index (χ3v) is 3.09. The molecule has 0 saturated heterocycles. The first kappa shape index (κ1) is 11.8. The van der Waals surface area contributed by atoms with Crippen molar-refractivity contribution in [3.8, 4) is 0 Å². The minimum Gasteiger partial charge on any atom is -0.382 e. The second kappa shape index (κ2) is 4.97. The van der Waals surface area contributed by atoms with Gasteiger partial charge >= 0.3 is 0 Å². The Hall–Kier alpha value is -1.30. The van der Waals surface area contributed by atoms with E-state index in [1.165, 1.54) is 11.5 Å². The quantitative estimate of drug-likeness (QED) is 0.707. The number of nitrogen functional groups attached to an aromatic ring is 1. The zero-order chi connectivity index (χ0) is 11.4. The minimum atomic E-state index is -0.534. The lowest BCUT2D eigenvalue weighted by molar-refractivity contribution is 0.100. The molecule has 0 radical (unpaired) electrons. The molecule has 1 rings (SSSR count). The molecule has 5 N–H and O–H groups in total. The number of nitrogens with one attached hydrogen (secondary N) is 1. The Morgan fingerprint density at radius 1 is 1.67 bits per heavy atom. The van der Waals surface area contributed by atoms with E-state index in [0.29, 0.717) is 16.5 Å². The van der Waals surface area contributed by atoms with Gasteiger partial charge in [0.1, 0.15) is 10.6 Å². The van der Waals surface area contributed by atoms with Gasteiger partial charge in [-0.1, -0.05) is 20.3 Å². The number of rotatable bonds is 5. The van der Waals surface area contributed by atoms with Crippen LogP contribution in [0.4, 0.5) is 10.8 Å². The lowest BCUT2D eigenvalue weighted by Crippen LogP contribution is -2.16. The van der Waals surface area contributed by atoms with Crippen molar-refractivity contribution in [1.29, 1.82) is 0 Å². The van der Waals surface area contributed by atoms with Crippen LogP contribution in [-0.2, 0) is 0 Å². The van der Waals surface area contributed by atoms with Crippen LogP contribution in [0.25, 0.3) is 0 Å². The number of nitrogens with zero attached hydrogens (tertiary/aromatic N) is 1. The number of carbonyl (C=O) groups excluding carboxylic acids is 1. The molecule has 0 aliphatic heterocycles. The van der Waals surface area contributed by atoms with Gasteiger partial charge in [-0.05, 0) is 17.5 Å². The van der Waals surface area contributed by atoms with Crippen molar-refractivity contribution in [2.24, 2.45) is 11.7 Å². The van der Waals surface area contributed by atoms with Crippen LogP contribution in [0.3, 0.4) is 0 Å². The summed E-state index contributed by atoms with van der Waals surface area (Å²) in [6.07, 6.45) is 1.08. The van der Waals surface area contributed by atoms with Gasteiger partial charge < -0.3 is 16.8 Å². The maximum Gasteiger partial charge on any atom is 0.255 e. The van der Waals surface area contributed by atoms with Crippen LogP contribution < -0.4 is 16.8 Å². The fraction of sp³-hybridized carbons (Fsp3) is 0.556. The lowest BCUT2D eigenvalue weighted by Gasteiger charge is -2.09. The van der Waals surface area contributed by atoms with Crippen LogP contribution in [0, 0.1) is 5.92 Å². The number of hydrogen-bond acceptors (Lipinski definition) is 5. The highest BCUT2D eigenvalue weighted by atomic mass is 32.1. The van der Waals surface area contributed by atoms with Gasteiger partial charge in [0.15, 0.2) is 5.82 Å². The number of aromatic nitrogens is 1. The predicted molar refractivity (Wildman–Crippen MR) is 63.0 cm³/mol. The molecule has 0 aromatic carbocycles. The summed E-state index contributed by atoms with van der Waals surface area (Å²) in [5.74, 6) is 0.209. The van der Waals surface area contributed by atoms with E-state index in [1.54, 1.807) is 0 Å². The first-order valence-electron chi connectivity index (χ1n) is 4.85. The normalized spacial score (nSPS) is 12.4. The molecule has 1 aromatic rings. The number of hydrogen-bond donors (Lipinski definition) is 3. The number of primary amides is 1. The molecule has 0 aliphatic rings. The van der Waals surface area contributed by atoms with Crippen molar-refractivity contribution in [2.45, 2.75) is 20.3 Å². The van der Waals surface area contributed by atoms with Gasteiger partial charge in [-0.25, -0.2) is 0 Å². The van der Waals surface area contributed by atoms with Gasteiger partial charge in [-0.15, -0.1) is 0 Å². The largest absolute Gasteiger partial charge is 0.382 e. The molecule has 1 atom stereocenters. The number of amides is 1. The fourth-order valence-electron chi connectivity index (χ4n) is 1.07. The minimum absolute atomic E-state index is 0.208. The van der Waals surface area contributed by atoms with Crippen molar-refractivity contribution in [3.05, 3.63) is 5.56 Å². The molecule has 5 nitrogen and oxygen atoms in total. The molecule has 0 aliphatic carbocycles. The Kier molecular flexibility index (Phi) is 3.90. The number of anilines is 2. The highest BCUT2D eigenvalue weighted by Crippen LogP contribution is 2.26. The molecule has 1 heterocycles. The van der Waals surface area contributed by atoms with Crippen molar-refractivity contribution < 1.29 is 4.79 Å². The zero-order valence-electron chi connectivity index (χ0n) is 8.91. The lowest BCUT2D eigenvalue weighted by atomic mass is 10.1. The molecule has 0 bridgehead atoms. The summed E-state index contributed by atoms with van der Waals surface area (Å²) in [7, 11) is 0. The Balaban J connectivity index is 2.73.